The standard InChI is InChI=1S/C14H11ClO4/c15-12(13(16)11-7-4-8-18-11)14(17)19-9-10-5-2-1-3-6-10/h1-8,12H,9H2. The zero-order valence-corrected chi connectivity index (χ0v) is 10.7. The van der Waals surface area contributed by atoms with Crippen LogP contribution in [0, 0.1) is 0 Å². The lowest BCUT2D eigenvalue weighted by molar-refractivity contribution is -0.143. The molecule has 2 aromatic rings. The van der Waals surface area contributed by atoms with Gasteiger partial charge in [-0.25, -0.2) is 4.79 Å². The lowest BCUT2D eigenvalue weighted by Gasteiger charge is -2.08. The highest BCUT2D eigenvalue weighted by Gasteiger charge is 2.28. The van der Waals surface area contributed by atoms with Gasteiger partial charge in [-0.3, -0.25) is 4.79 Å². The van der Waals surface area contributed by atoms with E-state index in [4.69, 9.17) is 20.8 Å². The zero-order valence-electron chi connectivity index (χ0n) is 9.91. The minimum atomic E-state index is -1.39. The van der Waals surface area contributed by atoms with E-state index in [1.165, 1.54) is 12.3 Å². The van der Waals surface area contributed by atoms with E-state index in [1.54, 1.807) is 6.07 Å². The van der Waals surface area contributed by atoms with Crippen LogP contribution in [0.5, 0.6) is 0 Å². The number of hydrogen-bond acceptors (Lipinski definition) is 4. The molecule has 1 aromatic carbocycles. The number of ether oxygens (including phenoxy) is 1. The molecule has 0 fully saturated rings. The fourth-order valence-corrected chi connectivity index (χ4v) is 1.62. The first-order valence-electron chi connectivity index (χ1n) is 5.61. The molecule has 19 heavy (non-hydrogen) atoms. The van der Waals surface area contributed by atoms with E-state index >= 15 is 0 Å². The molecule has 1 aromatic heterocycles. The number of Topliss-reactive ketones (excluding diaryl/α,β-unsaturated/α-hetero) is 1. The van der Waals surface area contributed by atoms with Crippen LogP contribution in [0.15, 0.2) is 53.1 Å². The van der Waals surface area contributed by atoms with Crippen LogP contribution in [0.25, 0.3) is 0 Å². The molecule has 2 rings (SSSR count). The normalized spacial score (nSPS) is 11.8. The first kappa shape index (κ1) is 13.4. The molecule has 0 aliphatic rings. The number of alkyl halides is 1. The average molecular weight is 279 g/mol. The Labute approximate surface area is 114 Å². The van der Waals surface area contributed by atoms with Gasteiger partial charge in [-0.05, 0) is 17.7 Å². The number of ketones is 1. The van der Waals surface area contributed by atoms with Crippen molar-refractivity contribution in [2.75, 3.05) is 0 Å². The summed E-state index contributed by atoms with van der Waals surface area (Å²) in [6, 6.07) is 12.1. The SMILES string of the molecule is O=C(OCc1ccccc1)C(Cl)C(=O)c1ccco1. The lowest BCUT2D eigenvalue weighted by Crippen LogP contribution is -2.26. The van der Waals surface area contributed by atoms with Crippen LogP contribution in [0.3, 0.4) is 0 Å². The van der Waals surface area contributed by atoms with E-state index in [0.29, 0.717) is 0 Å². The van der Waals surface area contributed by atoms with Gasteiger partial charge in [0, 0.05) is 0 Å². The summed E-state index contributed by atoms with van der Waals surface area (Å²) in [6.45, 7) is 0.0777. The molecule has 0 N–H and O–H groups in total. The Hall–Kier alpha value is -2.07. The molecule has 0 saturated carbocycles. The second-order valence-electron chi connectivity index (χ2n) is 3.80. The number of benzene rings is 1. The van der Waals surface area contributed by atoms with Gasteiger partial charge >= 0.3 is 5.97 Å². The van der Waals surface area contributed by atoms with Crippen LogP contribution in [0.2, 0.25) is 0 Å². The van der Waals surface area contributed by atoms with Crippen LogP contribution < -0.4 is 0 Å². The minimum Gasteiger partial charge on any atom is -0.461 e. The predicted molar refractivity (Wildman–Crippen MR) is 68.9 cm³/mol. The zero-order chi connectivity index (χ0) is 13.7. The second kappa shape index (κ2) is 6.20. The number of carbonyl (C=O) groups excluding carboxylic acids is 2. The maximum atomic E-state index is 11.7. The highest BCUT2D eigenvalue weighted by Crippen LogP contribution is 2.12. The van der Waals surface area contributed by atoms with Crippen LogP contribution in [0.1, 0.15) is 16.1 Å². The molecule has 0 aliphatic heterocycles. The first-order chi connectivity index (χ1) is 9.18. The van der Waals surface area contributed by atoms with Gasteiger partial charge in [-0.2, -0.15) is 0 Å². The van der Waals surface area contributed by atoms with E-state index in [-0.39, 0.29) is 12.4 Å². The monoisotopic (exact) mass is 278 g/mol. The number of halogens is 1. The average Bonchev–Trinajstić information content (AvgIpc) is 2.98. The minimum absolute atomic E-state index is 0.0386. The quantitative estimate of drug-likeness (QED) is 0.365. The van der Waals surface area contributed by atoms with E-state index in [1.807, 2.05) is 30.3 Å². The molecule has 0 saturated heterocycles. The molecular formula is C14H11ClO4. The summed E-state index contributed by atoms with van der Waals surface area (Å²) in [7, 11) is 0. The second-order valence-corrected chi connectivity index (χ2v) is 4.23. The van der Waals surface area contributed by atoms with Gasteiger partial charge in [0.1, 0.15) is 6.61 Å². The van der Waals surface area contributed by atoms with Crippen LogP contribution in [-0.2, 0) is 16.1 Å². The van der Waals surface area contributed by atoms with Gasteiger partial charge in [0.15, 0.2) is 11.1 Å². The molecule has 0 bridgehead atoms. The topological polar surface area (TPSA) is 56.5 Å². The van der Waals surface area contributed by atoms with Gasteiger partial charge in [0.05, 0.1) is 6.26 Å². The molecule has 1 heterocycles. The molecule has 4 nitrogen and oxygen atoms in total. The molecule has 0 radical (unpaired) electrons. The predicted octanol–water partition coefficient (Wildman–Crippen LogP) is 2.81. The van der Waals surface area contributed by atoms with Gasteiger partial charge < -0.3 is 9.15 Å². The van der Waals surface area contributed by atoms with Crippen molar-refractivity contribution in [3.63, 3.8) is 0 Å². The number of carbonyl (C=O) groups is 2. The van der Waals surface area contributed by atoms with Crippen molar-refractivity contribution in [3.05, 3.63) is 60.1 Å². The van der Waals surface area contributed by atoms with Crippen LogP contribution >= 0.6 is 11.6 Å². The lowest BCUT2D eigenvalue weighted by atomic mass is 10.2. The third kappa shape index (κ3) is 3.45. The van der Waals surface area contributed by atoms with Gasteiger partial charge in [-0.15, -0.1) is 11.6 Å². The van der Waals surface area contributed by atoms with Gasteiger partial charge in [-0.1, -0.05) is 30.3 Å². The Morgan fingerprint density at radius 3 is 2.53 bits per heavy atom. The fraction of sp³-hybridized carbons (Fsp3) is 0.143. The Balaban J connectivity index is 1.91. The molecule has 1 atom stereocenters. The van der Waals surface area contributed by atoms with E-state index < -0.39 is 17.1 Å². The van der Waals surface area contributed by atoms with E-state index in [2.05, 4.69) is 0 Å². The Morgan fingerprint density at radius 2 is 1.89 bits per heavy atom. The molecular weight excluding hydrogens is 268 g/mol. The molecule has 98 valence electrons. The number of rotatable bonds is 5. The summed E-state index contributed by atoms with van der Waals surface area (Å²) in [5.41, 5.74) is 0.824. The Morgan fingerprint density at radius 1 is 1.16 bits per heavy atom. The number of esters is 1. The fourth-order valence-electron chi connectivity index (χ4n) is 1.45. The molecule has 1 unspecified atom stereocenters. The van der Waals surface area contributed by atoms with Crippen LogP contribution in [0.4, 0.5) is 0 Å². The van der Waals surface area contributed by atoms with Crippen molar-refractivity contribution >= 4 is 23.4 Å². The van der Waals surface area contributed by atoms with Crippen molar-refractivity contribution in [2.24, 2.45) is 0 Å². The summed E-state index contributed by atoms with van der Waals surface area (Å²) >= 11 is 5.76. The van der Waals surface area contributed by atoms with Gasteiger partial charge in [0.2, 0.25) is 5.78 Å². The van der Waals surface area contributed by atoms with Crippen molar-refractivity contribution in [3.8, 4) is 0 Å². The van der Waals surface area contributed by atoms with Crippen LogP contribution in [-0.4, -0.2) is 17.1 Å². The largest absolute Gasteiger partial charge is 0.461 e. The summed E-state index contributed by atoms with van der Waals surface area (Å²) in [6.07, 6.45) is 1.34. The summed E-state index contributed by atoms with van der Waals surface area (Å²) in [5.74, 6) is -1.35. The molecule has 0 spiro atoms. The molecule has 0 amide bonds. The Kier molecular flexibility index (Phi) is 4.36. The Bertz CT molecular complexity index is 548. The maximum absolute atomic E-state index is 11.7. The third-order valence-corrected chi connectivity index (χ3v) is 2.80. The van der Waals surface area contributed by atoms with Crippen molar-refractivity contribution in [1.29, 1.82) is 0 Å². The number of hydrogen-bond donors (Lipinski definition) is 0. The highest BCUT2D eigenvalue weighted by atomic mass is 35.5. The molecule has 5 heteroatoms. The highest BCUT2D eigenvalue weighted by molar-refractivity contribution is 6.43. The number of furan rings is 1. The molecule has 0 aliphatic carbocycles. The smallest absolute Gasteiger partial charge is 0.332 e. The first-order valence-corrected chi connectivity index (χ1v) is 6.04. The van der Waals surface area contributed by atoms with Crippen molar-refractivity contribution in [1.82, 2.24) is 0 Å². The maximum Gasteiger partial charge on any atom is 0.332 e. The van der Waals surface area contributed by atoms with E-state index in [0.717, 1.165) is 5.56 Å². The van der Waals surface area contributed by atoms with Crippen molar-refractivity contribution < 1.29 is 18.7 Å². The van der Waals surface area contributed by atoms with Crippen molar-refractivity contribution in [2.45, 2.75) is 12.0 Å². The third-order valence-electron chi connectivity index (χ3n) is 2.43. The summed E-state index contributed by atoms with van der Waals surface area (Å²) in [5, 5.41) is -1.39. The summed E-state index contributed by atoms with van der Waals surface area (Å²) < 4.78 is 9.86. The summed E-state index contributed by atoms with van der Waals surface area (Å²) in [4.78, 5) is 23.4. The van der Waals surface area contributed by atoms with E-state index in [9.17, 15) is 9.59 Å². The van der Waals surface area contributed by atoms with Gasteiger partial charge in [0.25, 0.3) is 0 Å².